The van der Waals surface area contributed by atoms with Gasteiger partial charge < -0.3 is 5.73 Å². The van der Waals surface area contributed by atoms with Gasteiger partial charge in [0.2, 0.25) is 10.0 Å². The van der Waals surface area contributed by atoms with E-state index in [0.29, 0.717) is 6.42 Å². The summed E-state index contributed by atoms with van der Waals surface area (Å²) in [5, 5.41) is 3.77. The van der Waals surface area contributed by atoms with E-state index in [1.54, 1.807) is 24.1 Å². The van der Waals surface area contributed by atoms with Crippen molar-refractivity contribution < 1.29 is 12.8 Å². The van der Waals surface area contributed by atoms with Crippen LogP contribution in [-0.2, 0) is 23.5 Å². The Balaban J connectivity index is 2.10. The average Bonchev–Trinajstić information content (AvgIpc) is 2.79. The summed E-state index contributed by atoms with van der Waals surface area (Å²) in [6, 6.07) is 1.89. The molecule has 2 rings (SSSR count). The highest BCUT2D eigenvalue weighted by Gasteiger charge is 2.19. The summed E-state index contributed by atoms with van der Waals surface area (Å²) in [5.74, 6) is -0.755. The van der Waals surface area contributed by atoms with Crippen molar-refractivity contribution in [2.24, 2.45) is 7.05 Å². The lowest BCUT2D eigenvalue weighted by Crippen LogP contribution is -2.26. The molecular formula is C12H14ClFN4O2S. The minimum atomic E-state index is -3.85. The molecule has 0 aliphatic rings. The normalized spacial score (nSPS) is 11.8. The summed E-state index contributed by atoms with van der Waals surface area (Å²) >= 11 is 5.76. The quantitative estimate of drug-likeness (QED) is 0.808. The maximum Gasteiger partial charge on any atom is 0.242 e. The Labute approximate surface area is 126 Å². The number of hydrogen-bond acceptors (Lipinski definition) is 4. The third kappa shape index (κ3) is 3.72. The molecule has 0 unspecified atom stereocenters. The summed E-state index contributed by atoms with van der Waals surface area (Å²) in [6.07, 6.45) is 3.91. The Kier molecular flexibility index (Phi) is 4.50. The lowest BCUT2D eigenvalue weighted by Gasteiger charge is -2.09. The number of benzene rings is 1. The maximum atomic E-state index is 13.2. The Morgan fingerprint density at radius 3 is 2.81 bits per heavy atom. The van der Waals surface area contributed by atoms with Gasteiger partial charge >= 0.3 is 0 Å². The third-order valence-corrected chi connectivity index (χ3v) is 4.73. The standard InChI is InChI=1S/C12H14ClFN4O2S/c1-18-7-8(6-16-18)2-3-17-21(19,20)12-5-11(15)10(14)4-9(12)13/h4-7,17H,2-3,15H2,1H3. The number of hydrogen-bond donors (Lipinski definition) is 2. The number of aryl methyl sites for hydroxylation is 1. The van der Waals surface area contributed by atoms with Gasteiger partial charge in [-0.2, -0.15) is 5.10 Å². The van der Waals surface area contributed by atoms with Crippen molar-refractivity contribution in [3.8, 4) is 0 Å². The number of nitrogens with two attached hydrogens (primary N) is 1. The Hall–Kier alpha value is -1.64. The van der Waals surface area contributed by atoms with Crippen molar-refractivity contribution in [3.63, 3.8) is 0 Å². The molecule has 114 valence electrons. The van der Waals surface area contributed by atoms with Gasteiger partial charge in [0, 0.05) is 19.8 Å². The van der Waals surface area contributed by atoms with Crippen LogP contribution < -0.4 is 10.5 Å². The van der Waals surface area contributed by atoms with Crippen LogP contribution in [0.15, 0.2) is 29.4 Å². The van der Waals surface area contributed by atoms with Gasteiger partial charge in [-0.15, -0.1) is 0 Å². The van der Waals surface area contributed by atoms with Crippen LogP contribution in [0.4, 0.5) is 10.1 Å². The molecule has 0 spiro atoms. The zero-order valence-electron chi connectivity index (χ0n) is 11.2. The van der Waals surface area contributed by atoms with E-state index in [2.05, 4.69) is 9.82 Å². The number of nitrogens with one attached hydrogen (secondary N) is 1. The first-order chi connectivity index (χ1) is 9.79. The van der Waals surface area contributed by atoms with E-state index in [4.69, 9.17) is 17.3 Å². The third-order valence-electron chi connectivity index (χ3n) is 2.80. The van der Waals surface area contributed by atoms with Crippen LogP contribution in [0.5, 0.6) is 0 Å². The summed E-state index contributed by atoms with van der Waals surface area (Å²) in [6.45, 7) is 0.168. The molecule has 9 heteroatoms. The molecule has 0 aliphatic carbocycles. The molecule has 3 N–H and O–H groups in total. The Morgan fingerprint density at radius 2 is 2.19 bits per heavy atom. The molecule has 0 fully saturated rings. The minimum Gasteiger partial charge on any atom is -0.396 e. The number of halogens is 2. The van der Waals surface area contributed by atoms with Crippen molar-refractivity contribution >= 4 is 27.3 Å². The van der Waals surface area contributed by atoms with Gasteiger partial charge in [0.15, 0.2) is 0 Å². The van der Waals surface area contributed by atoms with Crippen LogP contribution in [0.2, 0.25) is 5.02 Å². The molecule has 6 nitrogen and oxygen atoms in total. The van der Waals surface area contributed by atoms with E-state index in [-0.39, 0.29) is 22.2 Å². The van der Waals surface area contributed by atoms with Crippen molar-refractivity contribution in [1.29, 1.82) is 0 Å². The monoisotopic (exact) mass is 332 g/mol. The highest BCUT2D eigenvalue weighted by atomic mass is 35.5. The lowest BCUT2D eigenvalue weighted by molar-refractivity contribution is 0.581. The van der Waals surface area contributed by atoms with Crippen molar-refractivity contribution in [1.82, 2.24) is 14.5 Å². The topological polar surface area (TPSA) is 90.0 Å². The van der Waals surface area contributed by atoms with Crippen LogP contribution in [0, 0.1) is 5.82 Å². The molecule has 0 atom stereocenters. The second kappa shape index (κ2) is 6.00. The van der Waals surface area contributed by atoms with Gasteiger partial charge in [-0.3, -0.25) is 4.68 Å². The molecule has 21 heavy (non-hydrogen) atoms. The van der Waals surface area contributed by atoms with Gasteiger partial charge in [-0.05, 0) is 24.1 Å². The predicted molar refractivity (Wildman–Crippen MR) is 77.9 cm³/mol. The van der Waals surface area contributed by atoms with E-state index in [9.17, 15) is 12.8 Å². The summed E-state index contributed by atoms with van der Waals surface area (Å²) in [5.41, 5.74) is 5.99. The van der Waals surface area contributed by atoms with Crippen LogP contribution in [0.3, 0.4) is 0 Å². The molecule has 2 aromatic rings. The molecule has 1 aromatic heterocycles. The molecule has 1 heterocycles. The molecule has 0 saturated carbocycles. The predicted octanol–water partition coefficient (Wildman–Crippen LogP) is 1.32. The fourth-order valence-electron chi connectivity index (χ4n) is 1.76. The Bertz CT molecular complexity index is 761. The zero-order chi connectivity index (χ0) is 15.6. The van der Waals surface area contributed by atoms with Gasteiger partial charge in [-0.25, -0.2) is 17.5 Å². The van der Waals surface area contributed by atoms with Gasteiger partial charge in [0.1, 0.15) is 10.7 Å². The summed E-state index contributed by atoms with van der Waals surface area (Å²) < 4.78 is 41.4. The number of anilines is 1. The zero-order valence-corrected chi connectivity index (χ0v) is 12.7. The summed E-state index contributed by atoms with van der Waals surface area (Å²) in [4.78, 5) is -0.241. The van der Waals surface area contributed by atoms with Crippen LogP contribution in [-0.4, -0.2) is 24.7 Å². The fraction of sp³-hybridized carbons (Fsp3) is 0.250. The smallest absolute Gasteiger partial charge is 0.242 e. The van der Waals surface area contributed by atoms with Crippen molar-refractivity contribution in [2.75, 3.05) is 12.3 Å². The van der Waals surface area contributed by atoms with E-state index in [1.807, 2.05) is 0 Å². The lowest BCUT2D eigenvalue weighted by atomic mass is 10.3. The van der Waals surface area contributed by atoms with Gasteiger partial charge in [0.05, 0.1) is 16.9 Å². The SMILES string of the molecule is Cn1cc(CCNS(=O)(=O)c2cc(N)c(F)cc2Cl)cn1. The van der Waals surface area contributed by atoms with Crippen LogP contribution >= 0.6 is 11.6 Å². The van der Waals surface area contributed by atoms with Gasteiger partial charge in [0.25, 0.3) is 0 Å². The number of aromatic nitrogens is 2. The average molecular weight is 333 g/mol. The largest absolute Gasteiger partial charge is 0.396 e. The number of nitrogens with zero attached hydrogens (tertiary/aromatic N) is 2. The maximum absolute atomic E-state index is 13.2. The minimum absolute atomic E-state index is 0.168. The second-order valence-corrected chi connectivity index (χ2v) is 6.62. The highest BCUT2D eigenvalue weighted by molar-refractivity contribution is 7.89. The fourth-order valence-corrected chi connectivity index (χ4v) is 3.34. The molecule has 0 radical (unpaired) electrons. The second-order valence-electron chi connectivity index (χ2n) is 4.47. The summed E-state index contributed by atoms with van der Waals surface area (Å²) in [7, 11) is -2.08. The van der Waals surface area contributed by atoms with Gasteiger partial charge in [-0.1, -0.05) is 11.6 Å². The van der Waals surface area contributed by atoms with Crippen molar-refractivity contribution in [2.45, 2.75) is 11.3 Å². The molecule has 0 bridgehead atoms. The van der Waals surface area contributed by atoms with E-state index < -0.39 is 15.8 Å². The first-order valence-corrected chi connectivity index (χ1v) is 7.87. The molecule has 1 aromatic carbocycles. The number of nitrogen functional groups attached to an aromatic ring is 1. The first kappa shape index (κ1) is 15.7. The molecule has 0 amide bonds. The first-order valence-electron chi connectivity index (χ1n) is 6.01. The van der Waals surface area contributed by atoms with E-state index >= 15 is 0 Å². The number of rotatable bonds is 5. The van der Waals surface area contributed by atoms with Crippen molar-refractivity contribution in [3.05, 3.63) is 40.9 Å². The molecular weight excluding hydrogens is 319 g/mol. The van der Waals surface area contributed by atoms with Crippen LogP contribution in [0.25, 0.3) is 0 Å². The molecule has 0 saturated heterocycles. The Morgan fingerprint density at radius 1 is 1.48 bits per heavy atom. The highest BCUT2D eigenvalue weighted by Crippen LogP contribution is 2.26. The van der Waals surface area contributed by atoms with E-state index in [1.165, 1.54) is 0 Å². The van der Waals surface area contributed by atoms with E-state index in [0.717, 1.165) is 17.7 Å². The van der Waals surface area contributed by atoms with Crippen LogP contribution in [0.1, 0.15) is 5.56 Å². The number of sulfonamides is 1. The molecule has 0 aliphatic heterocycles.